The first-order chi connectivity index (χ1) is 10.1. The lowest BCUT2D eigenvalue weighted by Crippen LogP contribution is -2.06. The van der Waals surface area contributed by atoms with Gasteiger partial charge in [-0.15, -0.1) is 10.2 Å². The molecule has 1 fully saturated rings. The van der Waals surface area contributed by atoms with Crippen molar-refractivity contribution < 1.29 is 14.3 Å². The van der Waals surface area contributed by atoms with Crippen molar-refractivity contribution in [3.05, 3.63) is 35.4 Å². The Morgan fingerprint density at radius 2 is 2.24 bits per heavy atom. The average molecular weight is 307 g/mol. The van der Waals surface area contributed by atoms with E-state index in [0.29, 0.717) is 11.1 Å². The largest absolute Gasteiger partial charge is 0.481 e. The predicted molar refractivity (Wildman–Crippen MR) is 76.4 cm³/mol. The number of carboxylic acid groups (broad SMARTS) is 1. The summed E-state index contributed by atoms with van der Waals surface area (Å²) in [4.78, 5) is 10.8. The first kappa shape index (κ1) is 14.1. The SMILES string of the molecule is Cc1cc(F)ccc1-n1c(SCC(=O)O)nnc1C1CC1. The summed E-state index contributed by atoms with van der Waals surface area (Å²) in [5, 5.41) is 17.7. The predicted octanol–water partition coefficient (Wildman–Crippen LogP) is 2.77. The molecule has 0 saturated heterocycles. The molecule has 0 atom stereocenters. The lowest BCUT2D eigenvalue weighted by molar-refractivity contribution is -0.133. The van der Waals surface area contributed by atoms with Gasteiger partial charge in [-0.05, 0) is 43.5 Å². The van der Waals surface area contributed by atoms with E-state index in [1.54, 1.807) is 6.07 Å². The third-order valence-corrected chi connectivity index (χ3v) is 4.24. The van der Waals surface area contributed by atoms with E-state index in [9.17, 15) is 9.18 Å². The number of aromatic nitrogens is 3. The van der Waals surface area contributed by atoms with Crippen LogP contribution in [0.3, 0.4) is 0 Å². The quantitative estimate of drug-likeness (QED) is 0.860. The minimum atomic E-state index is -0.904. The molecular weight excluding hydrogens is 293 g/mol. The molecule has 2 aromatic rings. The van der Waals surface area contributed by atoms with Crippen molar-refractivity contribution in [3.63, 3.8) is 0 Å². The summed E-state index contributed by atoms with van der Waals surface area (Å²) in [6.07, 6.45) is 2.12. The van der Waals surface area contributed by atoms with Crippen molar-refractivity contribution in [2.45, 2.75) is 30.8 Å². The zero-order valence-electron chi connectivity index (χ0n) is 11.4. The Kier molecular flexibility index (Phi) is 3.67. The summed E-state index contributed by atoms with van der Waals surface area (Å²) in [5.41, 5.74) is 1.57. The van der Waals surface area contributed by atoms with Gasteiger partial charge in [-0.25, -0.2) is 4.39 Å². The van der Waals surface area contributed by atoms with Gasteiger partial charge < -0.3 is 5.11 Å². The van der Waals surface area contributed by atoms with Crippen LogP contribution in [-0.2, 0) is 4.79 Å². The third kappa shape index (κ3) is 2.92. The van der Waals surface area contributed by atoms with Crippen LogP contribution in [0.1, 0.15) is 30.1 Å². The minimum Gasteiger partial charge on any atom is -0.481 e. The number of hydrogen-bond acceptors (Lipinski definition) is 4. The first-order valence-electron chi connectivity index (χ1n) is 6.62. The van der Waals surface area contributed by atoms with Gasteiger partial charge in [0, 0.05) is 5.92 Å². The van der Waals surface area contributed by atoms with Gasteiger partial charge in [-0.1, -0.05) is 11.8 Å². The number of nitrogens with zero attached hydrogens (tertiary/aromatic N) is 3. The van der Waals surface area contributed by atoms with Gasteiger partial charge in [-0.2, -0.15) is 0 Å². The molecular formula is C14H14FN3O2S. The maximum absolute atomic E-state index is 13.3. The van der Waals surface area contributed by atoms with Crippen LogP contribution in [0.25, 0.3) is 5.69 Å². The Balaban J connectivity index is 2.05. The Morgan fingerprint density at radius 1 is 1.48 bits per heavy atom. The first-order valence-corrected chi connectivity index (χ1v) is 7.61. The third-order valence-electron chi connectivity index (χ3n) is 3.33. The fourth-order valence-electron chi connectivity index (χ4n) is 2.20. The molecule has 1 aliphatic rings. The lowest BCUT2D eigenvalue weighted by atomic mass is 10.2. The minimum absolute atomic E-state index is 0.0803. The van der Waals surface area contributed by atoms with Gasteiger partial charge in [0.05, 0.1) is 11.4 Å². The Hall–Kier alpha value is -1.89. The highest BCUT2D eigenvalue weighted by molar-refractivity contribution is 7.99. The Labute approximate surface area is 125 Å². The van der Waals surface area contributed by atoms with E-state index >= 15 is 0 Å². The zero-order chi connectivity index (χ0) is 15.0. The van der Waals surface area contributed by atoms with Crippen molar-refractivity contribution >= 4 is 17.7 Å². The van der Waals surface area contributed by atoms with E-state index in [2.05, 4.69) is 10.2 Å². The van der Waals surface area contributed by atoms with E-state index < -0.39 is 5.97 Å². The van der Waals surface area contributed by atoms with Gasteiger partial charge in [0.2, 0.25) is 0 Å². The van der Waals surface area contributed by atoms with Gasteiger partial charge in [0.1, 0.15) is 11.6 Å². The number of aryl methyl sites for hydroxylation is 1. The normalized spacial score (nSPS) is 14.4. The van der Waals surface area contributed by atoms with Crippen LogP contribution in [0.4, 0.5) is 4.39 Å². The fourth-order valence-corrected chi connectivity index (χ4v) is 2.88. The smallest absolute Gasteiger partial charge is 0.313 e. The molecule has 0 radical (unpaired) electrons. The molecule has 110 valence electrons. The highest BCUT2D eigenvalue weighted by Gasteiger charge is 2.31. The number of hydrogen-bond donors (Lipinski definition) is 1. The van der Waals surface area contributed by atoms with E-state index in [0.717, 1.165) is 41.7 Å². The molecule has 1 aliphatic carbocycles. The summed E-state index contributed by atoms with van der Waals surface area (Å²) in [6.45, 7) is 1.82. The van der Waals surface area contributed by atoms with E-state index in [1.807, 2.05) is 11.5 Å². The van der Waals surface area contributed by atoms with Crippen LogP contribution in [0, 0.1) is 12.7 Å². The molecule has 3 rings (SSSR count). The molecule has 1 aromatic heterocycles. The van der Waals surface area contributed by atoms with Gasteiger partial charge >= 0.3 is 5.97 Å². The van der Waals surface area contributed by atoms with Gasteiger partial charge in [-0.3, -0.25) is 9.36 Å². The molecule has 1 saturated carbocycles. The molecule has 7 heteroatoms. The monoisotopic (exact) mass is 307 g/mol. The highest BCUT2D eigenvalue weighted by atomic mass is 32.2. The van der Waals surface area contributed by atoms with Crippen LogP contribution >= 0.6 is 11.8 Å². The summed E-state index contributed by atoms with van der Waals surface area (Å²) in [7, 11) is 0. The summed E-state index contributed by atoms with van der Waals surface area (Å²) >= 11 is 1.12. The molecule has 1 aromatic carbocycles. The summed E-state index contributed by atoms with van der Waals surface area (Å²) in [5.74, 6) is -0.0858. The number of rotatable bonds is 5. The van der Waals surface area contributed by atoms with Crippen molar-refractivity contribution in [1.82, 2.24) is 14.8 Å². The maximum atomic E-state index is 13.3. The van der Waals surface area contributed by atoms with E-state index in [4.69, 9.17) is 5.11 Å². The van der Waals surface area contributed by atoms with Crippen LogP contribution < -0.4 is 0 Å². The number of benzene rings is 1. The van der Waals surface area contributed by atoms with Crippen molar-refractivity contribution in [3.8, 4) is 5.69 Å². The number of carbonyl (C=O) groups is 1. The van der Waals surface area contributed by atoms with Crippen LogP contribution in [0.15, 0.2) is 23.4 Å². The van der Waals surface area contributed by atoms with Crippen molar-refractivity contribution in [2.75, 3.05) is 5.75 Å². The average Bonchev–Trinajstić information content (AvgIpc) is 3.18. The van der Waals surface area contributed by atoms with E-state index in [-0.39, 0.29) is 11.6 Å². The van der Waals surface area contributed by atoms with Crippen molar-refractivity contribution in [2.24, 2.45) is 0 Å². The number of aliphatic carboxylic acids is 1. The molecule has 1 heterocycles. The maximum Gasteiger partial charge on any atom is 0.313 e. The lowest BCUT2D eigenvalue weighted by Gasteiger charge is -2.12. The van der Waals surface area contributed by atoms with E-state index in [1.165, 1.54) is 12.1 Å². The van der Waals surface area contributed by atoms with Crippen molar-refractivity contribution in [1.29, 1.82) is 0 Å². The topological polar surface area (TPSA) is 68.0 Å². The number of halogens is 1. The molecule has 0 aliphatic heterocycles. The molecule has 21 heavy (non-hydrogen) atoms. The second-order valence-corrected chi connectivity index (χ2v) is 6.01. The second kappa shape index (κ2) is 5.48. The highest BCUT2D eigenvalue weighted by Crippen LogP contribution is 2.41. The molecule has 1 N–H and O–H groups in total. The number of thioether (sulfide) groups is 1. The van der Waals surface area contributed by atoms with Crippen LogP contribution in [0.2, 0.25) is 0 Å². The zero-order valence-corrected chi connectivity index (χ0v) is 12.2. The Bertz CT molecular complexity index is 698. The fraction of sp³-hybridized carbons (Fsp3) is 0.357. The summed E-state index contributed by atoms with van der Waals surface area (Å²) < 4.78 is 15.2. The second-order valence-electron chi connectivity index (χ2n) is 5.06. The molecule has 0 unspecified atom stereocenters. The van der Waals surface area contributed by atoms with Gasteiger partial charge in [0.25, 0.3) is 0 Å². The standard InChI is InChI=1S/C14H14FN3O2S/c1-8-6-10(15)4-5-11(8)18-13(9-2-3-9)16-17-14(18)21-7-12(19)20/h4-6,9H,2-3,7H2,1H3,(H,19,20). The van der Waals surface area contributed by atoms with Gasteiger partial charge in [0.15, 0.2) is 5.16 Å². The van der Waals surface area contributed by atoms with Crippen LogP contribution in [-0.4, -0.2) is 31.6 Å². The number of carboxylic acids is 1. The summed E-state index contributed by atoms with van der Waals surface area (Å²) in [6, 6.07) is 4.53. The Morgan fingerprint density at radius 3 is 2.86 bits per heavy atom. The van der Waals surface area contributed by atoms with Crippen LogP contribution in [0.5, 0.6) is 0 Å². The molecule has 0 spiro atoms. The molecule has 0 bridgehead atoms. The molecule has 0 amide bonds. The molecule has 5 nitrogen and oxygen atoms in total.